The SMILES string of the molecule is O.O.O=C([O-])CC(O)(CC(=O)[O-])C(=O)[O-].[Cl-].[Na+].[Na+].[Na+].[Na+]. The van der Waals surface area contributed by atoms with E-state index in [2.05, 4.69) is 0 Å². The average molecular weight is 353 g/mol. The molecule has 20 heavy (non-hydrogen) atoms. The van der Waals surface area contributed by atoms with Crippen LogP contribution in [-0.4, -0.2) is 39.6 Å². The van der Waals surface area contributed by atoms with Crippen molar-refractivity contribution in [3.8, 4) is 0 Å². The number of aliphatic hydroxyl groups is 1. The minimum Gasteiger partial charge on any atom is -1.00 e. The van der Waals surface area contributed by atoms with Crippen molar-refractivity contribution in [2.75, 3.05) is 0 Å². The zero-order valence-corrected chi connectivity index (χ0v) is 20.4. The molecular formula is C6H9ClNa4O9. The molecule has 14 heteroatoms. The molecule has 0 radical (unpaired) electrons. The molecule has 0 aromatic carbocycles. The van der Waals surface area contributed by atoms with E-state index in [4.69, 9.17) is 5.11 Å². The predicted octanol–water partition coefficient (Wildman–Crippen LogP) is -21.9. The molecule has 0 spiro atoms. The Labute approximate surface area is 209 Å². The van der Waals surface area contributed by atoms with Crippen LogP contribution in [0.1, 0.15) is 12.8 Å². The molecule has 0 bridgehead atoms. The fourth-order valence-electron chi connectivity index (χ4n) is 0.684. The van der Waals surface area contributed by atoms with Gasteiger partial charge in [-0.05, 0) is 0 Å². The van der Waals surface area contributed by atoms with Crippen molar-refractivity contribution in [2.24, 2.45) is 0 Å². The van der Waals surface area contributed by atoms with Crippen LogP contribution in [0.5, 0.6) is 0 Å². The number of carbonyl (C=O) groups is 3. The third-order valence-corrected chi connectivity index (χ3v) is 1.25. The summed E-state index contributed by atoms with van der Waals surface area (Å²) in [4.78, 5) is 30.0. The van der Waals surface area contributed by atoms with Gasteiger partial charge in [0, 0.05) is 24.8 Å². The van der Waals surface area contributed by atoms with Crippen LogP contribution in [0.4, 0.5) is 0 Å². The zero-order valence-electron chi connectivity index (χ0n) is 11.7. The summed E-state index contributed by atoms with van der Waals surface area (Å²) < 4.78 is 0. The van der Waals surface area contributed by atoms with E-state index in [1.807, 2.05) is 0 Å². The van der Waals surface area contributed by atoms with Crippen LogP contribution >= 0.6 is 0 Å². The Kier molecular flexibility index (Phi) is 59.0. The Hall–Kier alpha value is 2.58. The van der Waals surface area contributed by atoms with Gasteiger partial charge in [0.05, 0.1) is 5.97 Å². The topological polar surface area (TPSA) is 204 Å². The van der Waals surface area contributed by atoms with E-state index >= 15 is 0 Å². The Bertz CT molecular complexity index is 249. The molecule has 9 nitrogen and oxygen atoms in total. The molecule has 0 aliphatic rings. The average Bonchev–Trinajstić information content (AvgIpc) is 1.82. The van der Waals surface area contributed by atoms with E-state index in [-0.39, 0.29) is 142 Å². The summed E-state index contributed by atoms with van der Waals surface area (Å²) in [5, 5.41) is 38.9. The van der Waals surface area contributed by atoms with Crippen LogP contribution in [0.3, 0.4) is 0 Å². The number of halogens is 1. The first-order valence-corrected chi connectivity index (χ1v) is 3.11. The molecule has 98 valence electrons. The van der Waals surface area contributed by atoms with Crippen LogP contribution in [0.25, 0.3) is 0 Å². The van der Waals surface area contributed by atoms with Crippen molar-refractivity contribution >= 4 is 17.9 Å². The largest absolute Gasteiger partial charge is 1.00 e. The summed E-state index contributed by atoms with van der Waals surface area (Å²) in [5.41, 5.74) is -2.97. The van der Waals surface area contributed by atoms with Gasteiger partial charge in [0.15, 0.2) is 0 Å². The van der Waals surface area contributed by atoms with Crippen LogP contribution in [0, 0.1) is 0 Å². The molecule has 0 saturated heterocycles. The normalized spacial score (nSPS) is 7.05. The van der Waals surface area contributed by atoms with Gasteiger partial charge in [0.1, 0.15) is 5.60 Å². The minimum atomic E-state index is -2.97. The standard InChI is InChI=1S/C6H8O7.ClH.4Na.2H2O/c7-3(8)1-6(13,5(11)12)2-4(9)10;;;;;;;/h13H,1-2H2,(H,7,8)(H,9,10)(H,11,12);1H;;;;;2*1H2/q;;4*+1;;/p-4. The molecule has 0 rings (SSSR count). The van der Waals surface area contributed by atoms with Gasteiger partial charge in [-0.2, -0.15) is 0 Å². The van der Waals surface area contributed by atoms with Gasteiger partial charge in [-0.3, -0.25) is 0 Å². The van der Waals surface area contributed by atoms with Crippen LogP contribution < -0.4 is 146 Å². The second-order valence-electron chi connectivity index (χ2n) is 2.42. The third-order valence-electron chi connectivity index (χ3n) is 1.25. The molecule has 0 fully saturated rings. The maximum atomic E-state index is 10.1. The Morgan fingerprint density at radius 1 is 0.800 bits per heavy atom. The molecule has 0 aromatic heterocycles. The van der Waals surface area contributed by atoms with E-state index in [0.29, 0.717) is 0 Å². The van der Waals surface area contributed by atoms with Gasteiger partial charge in [0.25, 0.3) is 0 Å². The zero-order chi connectivity index (χ0) is 10.6. The number of aliphatic carboxylic acids is 3. The molecule has 0 heterocycles. The van der Waals surface area contributed by atoms with Gasteiger partial charge in [-0.25, -0.2) is 0 Å². The van der Waals surface area contributed by atoms with Gasteiger partial charge in [-0.1, -0.05) is 0 Å². The van der Waals surface area contributed by atoms with Gasteiger partial charge >= 0.3 is 118 Å². The first-order chi connectivity index (χ1) is 5.78. The van der Waals surface area contributed by atoms with Crippen molar-refractivity contribution in [3.05, 3.63) is 0 Å². The molecular weight excluding hydrogens is 343 g/mol. The van der Waals surface area contributed by atoms with Crippen molar-refractivity contribution in [3.63, 3.8) is 0 Å². The van der Waals surface area contributed by atoms with E-state index < -0.39 is 36.4 Å². The molecule has 0 aromatic rings. The quantitative estimate of drug-likeness (QED) is 0.472. The number of carbonyl (C=O) groups excluding carboxylic acids is 3. The van der Waals surface area contributed by atoms with E-state index in [1.54, 1.807) is 0 Å². The Morgan fingerprint density at radius 3 is 1.10 bits per heavy atom. The number of hydrogen-bond acceptors (Lipinski definition) is 7. The summed E-state index contributed by atoms with van der Waals surface area (Å²) in [6.45, 7) is 0. The maximum absolute atomic E-state index is 10.1. The molecule has 0 atom stereocenters. The predicted molar refractivity (Wildman–Crippen MR) is 36.4 cm³/mol. The first-order valence-electron chi connectivity index (χ1n) is 3.11. The Balaban J connectivity index is -0.0000000343. The Morgan fingerprint density at radius 2 is 1.00 bits per heavy atom. The summed E-state index contributed by atoms with van der Waals surface area (Å²) >= 11 is 0. The fraction of sp³-hybridized carbons (Fsp3) is 0.500. The van der Waals surface area contributed by atoms with Crippen molar-refractivity contribution in [1.29, 1.82) is 0 Å². The van der Waals surface area contributed by atoms with E-state index in [0.717, 1.165) is 0 Å². The fourth-order valence-corrected chi connectivity index (χ4v) is 0.684. The number of hydrogen-bond donors (Lipinski definition) is 1. The summed E-state index contributed by atoms with van der Waals surface area (Å²) in [5.74, 6) is -5.98. The second kappa shape index (κ2) is 23.8. The summed E-state index contributed by atoms with van der Waals surface area (Å²) in [6.07, 6.45) is -2.72. The number of carboxylic acids is 3. The summed E-state index contributed by atoms with van der Waals surface area (Å²) in [7, 11) is 0. The minimum absolute atomic E-state index is 0. The van der Waals surface area contributed by atoms with E-state index in [9.17, 15) is 29.7 Å². The second-order valence-corrected chi connectivity index (χ2v) is 2.42. The number of rotatable bonds is 5. The molecule has 5 N–H and O–H groups in total. The third kappa shape index (κ3) is 22.9. The van der Waals surface area contributed by atoms with Crippen LogP contribution in [-0.2, 0) is 14.4 Å². The van der Waals surface area contributed by atoms with Gasteiger partial charge in [-0.15, -0.1) is 0 Å². The molecule has 0 aliphatic carbocycles. The first kappa shape index (κ1) is 49.5. The van der Waals surface area contributed by atoms with Gasteiger partial charge < -0.3 is 58.2 Å². The maximum Gasteiger partial charge on any atom is 1.00 e. The van der Waals surface area contributed by atoms with E-state index in [1.165, 1.54) is 0 Å². The van der Waals surface area contributed by atoms with Crippen molar-refractivity contribution < 1.29 is 176 Å². The van der Waals surface area contributed by atoms with Crippen LogP contribution in [0.2, 0.25) is 0 Å². The van der Waals surface area contributed by atoms with Crippen molar-refractivity contribution in [2.45, 2.75) is 18.4 Å². The molecule has 0 aliphatic heterocycles. The molecule has 0 amide bonds. The molecule has 0 unspecified atom stereocenters. The smallest absolute Gasteiger partial charge is 1.00 e. The van der Waals surface area contributed by atoms with Crippen LogP contribution in [0.15, 0.2) is 0 Å². The monoisotopic (exact) mass is 352 g/mol. The van der Waals surface area contributed by atoms with Crippen molar-refractivity contribution in [1.82, 2.24) is 0 Å². The molecule has 0 saturated carbocycles. The van der Waals surface area contributed by atoms with Gasteiger partial charge in [0.2, 0.25) is 0 Å². The summed E-state index contributed by atoms with van der Waals surface area (Å²) in [6, 6.07) is 0. The number of carboxylic acid groups (broad SMARTS) is 3.